The number of thiazole rings is 1. The van der Waals surface area contributed by atoms with E-state index < -0.39 is 18.2 Å². The number of aromatic nitrogens is 3. The highest BCUT2D eigenvalue weighted by Gasteiger charge is 2.35. The smallest absolute Gasteiger partial charge is 0.342 e. The van der Waals surface area contributed by atoms with Crippen LogP contribution in [0.1, 0.15) is 63.8 Å². The molecule has 1 amide bonds. The molecule has 1 aromatic carbocycles. The number of ether oxygens (including phenoxy) is 2. The lowest BCUT2D eigenvalue weighted by molar-refractivity contribution is -0.155. The van der Waals surface area contributed by atoms with Crippen molar-refractivity contribution in [2.24, 2.45) is 0 Å². The second-order valence-corrected chi connectivity index (χ2v) is 9.99. The quantitative estimate of drug-likeness (QED) is 0.485. The number of hydrogen-bond donors (Lipinski definition) is 0. The second kappa shape index (κ2) is 10.2. The van der Waals surface area contributed by atoms with Crippen LogP contribution in [0.4, 0.5) is 13.2 Å². The molecule has 4 heterocycles. The lowest BCUT2D eigenvalue weighted by Gasteiger charge is -2.31. The van der Waals surface area contributed by atoms with Gasteiger partial charge in [0, 0.05) is 35.6 Å². The van der Waals surface area contributed by atoms with Crippen LogP contribution in [0.3, 0.4) is 0 Å². The van der Waals surface area contributed by atoms with E-state index in [2.05, 4.69) is 11.2 Å². The van der Waals surface area contributed by atoms with E-state index in [1.165, 1.54) is 18.3 Å². The standard InChI is InChI=1S/C25H24F3N5O3S/c1-15-9-21(25(26,27)28)31-33(15)11-22(34)32-7-5-16(6-8-32)23-30-20(14-37-23)24-35-12-18-4-2-3-17(10-29)19(18)13-36-24/h2-4,9,14,16,24H,5-8,11-13H2,1H3. The van der Waals surface area contributed by atoms with Gasteiger partial charge >= 0.3 is 6.18 Å². The minimum Gasteiger partial charge on any atom is -0.342 e. The van der Waals surface area contributed by atoms with E-state index in [0.717, 1.165) is 26.9 Å². The number of carbonyl (C=O) groups excluding carboxylic acids is 1. The van der Waals surface area contributed by atoms with Crippen LogP contribution in [0.5, 0.6) is 0 Å². The van der Waals surface area contributed by atoms with Gasteiger partial charge < -0.3 is 14.4 Å². The number of alkyl halides is 3. The van der Waals surface area contributed by atoms with E-state index in [1.807, 2.05) is 17.5 Å². The highest BCUT2D eigenvalue weighted by atomic mass is 32.1. The van der Waals surface area contributed by atoms with Crippen LogP contribution in [-0.4, -0.2) is 38.7 Å². The molecule has 194 valence electrons. The zero-order valence-corrected chi connectivity index (χ0v) is 20.8. The van der Waals surface area contributed by atoms with Crippen LogP contribution in [0.25, 0.3) is 0 Å². The first-order valence-electron chi connectivity index (χ1n) is 11.8. The van der Waals surface area contributed by atoms with Gasteiger partial charge in [0.25, 0.3) is 0 Å². The summed E-state index contributed by atoms with van der Waals surface area (Å²) in [5.41, 5.74) is 2.31. The Kier molecular flexibility index (Phi) is 7.02. The maximum Gasteiger partial charge on any atom is 0.435 e. The summed E-state index contributed by atoms with van der Waals surface area (Å²) in [6, 6.07) is 8.65. The van der Waals surface area contributed by atoms with E-state index >= 15 is 0 Å². The number of piperidine rings is 1. The molecule has 1 unspecified atom stereocenters. The Morgan fingerprint density at radius 1 is 1.24 bits per heavy atom. The summed E-state index contributed by atoms with van der Waals surface area (Å²) < 4.78 is 51.7. The van der Waals surface area contributed by atoms with E-state index in [-0.39, 0.29) is 25.0 Å². The predicted octanol–water partition coefficient (Wildman–Crippen LogP) is 4.69. The van der Waals surface area contributed by atoms with Crippen LogP contribution in [-0.2, 0) is 40.2 Å². The molecule has 12 heteroatoms. The average Bonchev–Trinajstić information content (AvgIpc) is 3.45. The van der Waals surface area contributed by atoms with Gasteiger partial charge in [0.1, 0.15) is 12.2 Å². The van der Waals surface area contributed by atoms with E-state index in [9.17, 15) is 23.2 Å². The zero-order chi connectivity index (χ0) is 26.2. The summed E-state index contributed by atoms with van der Waals surface area (Å²) in [7, 11) is 0. The fourth-order valence-electron chi connectivity index (χ4n) is 4.60. The third kappa shape index (κ3) is 5.39. The van der Waals surface area contributed by atoms with Gasteiger partial charge in [-0.1, -0.05) is 12.1 Å². The number of amides is 1. The molecule has 0 radical (unpaired) electrons. The Bertz CT molecular complexity index is 1340. The van der Waals surface area contributed by atoms with Crippen molar-refractivity contribution in [3.05, 3.63) is 68.4 Å². The number of fused-ring (bicyclic) bond motifs is 1. The highest BCUT2D eigenvalue weighted by molar-refractivity contribution is 7.09. The fraction of sp³-hybridized carbons (Fsp3) is 0.440. The van der Waals surface area contributed by atoms with Crippen LogP contribution in [0.2, 0.25) is 0 Å². The van der Waals surface area contributed by atoms with Gasteiger partial charge in [-0.25, -0.2) is 4.98 Å². The maximum absolute atomic E-state index is 12.9. The molecule has 3 aromatic rings. The third-order valence-electron chi connectivity index (χ3n) is 6.70. The molecule has 8 nitrogen and oxygen atoms in total. The number of aryl methyl sites for hydroxylation is 1. The normalized spacial score (nSPS) is 18.8. The maximum atomic E-state index is 12.9. The van der Waals surface area contributed by atoms with Gasteiger partial charge in [0.15, 0.2) is 5.69 Å². The second-order valence-electron chi connectivity index (χ2n) is 9.10. The van der Waals surface area contributed by atoms with Crippen molar-refractivity contribution < 1.29 is 27.4 Å². The number of likely N-dealkylation sites (tertiary alicyclic amines) is 1. The molecule has 5 rings (SSSR count). The largest absolute Gasteiger partial charge is 0.435 e. The number of benzene rings is 1. The Morgan fingerprint density at radius 3 is 2.70 bits per heavy atom. The van der Waals surface area contributed by atoms with Crippen LogP contribution in [0.15, 0.2) is 29.6 Å². The lowest BCUT2D eigenvalue weighted by atomic mass is 9.97. The summed E-state index contributed by atoms with van der Waals surface area (Å²) >= 11 is 1.52. The minimum absolute atomic E-state index is 0.166. The minimum atomic E-state index is -4.54. The fourth-order valence-corrected chi connectivity index (χ4v) is 5.59. The van der Waals surface area contributed by atoms with Gasteiger partial charge in [0.2, 0.25) is 12.2 Å². The van der Waals surface area contributed by atoms with Gasteiger partial charge in [-0.2, -0.15) is 23.5 Å². The molecule has 2 aromatic heterocycles. The Balaban J connectivity index is 1.17. The van der Waals surface area contributed by atoms with Gasteiger partial charge in [-0.3, -0.25) is 9.48 Å². The van der Waals surface area contributed by atoms with Crippen LogP contribution in [0, 0.1) is 18.3 Å². The summed E-state index contributed by atoms with van der Waals surface area (Å²) in [5.74, 6) is -0.0889. The third-order valence-corrected chi connectivity index (χ3v) is 7.72. The van der Waals surface area contributed by atoms with Crippen LogP contribution < -0.4 is 0 Å². The summed E-state index contributed by atoms with van der Waals surface area (Å²) in [6.07, 6.45) is -3.77. The summed E-state index contributed by atoms with van der Waals surface area (Å²) in [4.78, 5) is 19.1. The lowest BCUT2D eigenvalue weighted by Crippen LogP contribution is -2.40. The van der Waals surface area contributed by atoms with Crippen LogP contribution >= 0.6 is 11.3 Å². The van der Waals surface area contributed by atoms with Crippen molar-refractivity contribution in [3.8, 4) is 6.07 Å². The Morgan fingerprint density at radius 2 is 2.00 bits per heavy atom. The number of nitrogens with zero attached hydrogens (tertiary/aromatic N) is 5. The number of nitriles is 1. The number of rotatable bonds is 4. The average molecular weight is 532 g/mol. The summed E-state index contributed by atoms with van der Waals surface area (Å²) in [5, 5.41) is 15.8. The van der Waals surface area contributed by atoms with Crippen molar-refractivity contribution >= 4 is 17.2 Å². The van der Waals surface area contributed by atoms with Crippen molar-refractivity contribution in [3.63, 3.8) is 0 Å². The number of halogens is 3. The van der Waals surface area contributed by atoms with Gasteiger partial charge in [-0.05, 0) is 37.5 Å². The Hall–Kier alpha value is -3.27. The molecule has 2 aliphatic rings. The topological polar surface area (TPSA) is 93.3 Å². The monoisotopic (exact) mass is 531 g/mol. The molecule has 0 N–H and O–H groups in total. The molecule has 1 atom stereocenters. The summed E-state index contributed by atoms with van der Waals surface area (Å²) in [6.45, 7) is 2.85. The zero-order valence-electron chi connectivity index (χ0n) is 20.0. The van der Waals surface area contributed by atoms with Crippen molar-refractivity contribution in [1.29, 1.82) is 5.26 Å². The predicted molar refractivity (Wildman–Crippen MR) is 126 cm³/mol. The first-order chi connectivity index (χ1) is 17.7. The molecule has 0 aliphatic carbocycles. The van der Waals surface area contributed by atoms with Gasteiger partial charge in [0.05, 0.1) is 29.9 Å². The van der Waals surface area contributed by atoms with Crippen molar-refractivity contribution in [2.45, 2.75) is 57.9 Å². The van der Waals surface area contributed by atoms with Crippen molar-refractivity contribution in [1.82, 2.24) is 19.7 Å². The van der Waals surface area contributed by atoms with Gasteiger partial charge in [-0.15, -0.1) is 11.3 Å². The number of hydrogen-bond acceptors (Lipinski definition) is 7. The molecular weight excluding hydrogens is 507 g/mol. The van der Waals surface area contributed by atoms with E-state index in [1.54, 1.807) is 11.0 Å². The molecule has 2 aliphatic heterocycles. The SMILES string of the molecule is Cc1cc(C(F)(F)F)nn1CC(=O)N1CCC(c2nc(C3OCc4cccc(C#N)c4CO3)cs2)CC1. The van der Waals surface area contributed by atoms with Crippen molar-refractivity contribution in [2.75, 3.05) is 13.1 Å². The van der Waals surface area contributed by atoms with E-state index in [4.69, 9.17) is 14.5 Å². The molecule has 37 heavy (non-hydrogen) atoms. The molecule has 1 fully saturated rings. The molecule has 0 spiro atoms. The first-order valence-corrected chi connectivity index (χ1v) is 12.7. The Labute approximate surface area is 215 Å². The molecule has 0 bridgehead atoms. The molecular formula is C25H24F3N5O3S. The highest BCUT2D eigenvalue weighted by Crippen LogP contribution is 2.35. The van der Waals surface area contributed by atoms with E-state index in [0.29, 0.717) is 49.5 Å². The molecule has 0 saturated carbocycles. The first kappa shape index (κ1) is 25.4. The number of carbonyl (C=O) groups is 1. The molecule has 1 saturated heterocycles.